The Balaban J connectivity index is 1.79. The van der Waals surface area contributed by atoms with Crippen LogP contribution in [-0.2, 0) is 0 Å². The summed E-state index contributed by atoms with van der Waals surface area (Å²) in [4.78, 5) is 4.11. The van der Waals surface area contributed by atoms with Gasteiger partial charge in [-0.05, 0) is 49.0 Å². The molecule has 0 unspecified atom stereocenters. The zero-order valence-corrected chi connectivity index (χ0v) is 13.0. The molecule has 0 aromatic carbocycles. The number of nitrogens with zero attached hydrogens (tertiary/aromatic N) is 1. The number of aromatic nitrogens is 1. The summed E-state index contributed by atoms with van der Waals surface area (Å²) in [6.45, 7) is 8.12. The summed E-state index contributed by atoms with van der Waals surface area (Å²) >= 11 is 6.12. The fourth-order valence-corrected chi connectivity index (χ4v) is 3.17. The summed E-state index contributed by atoms with van der Waals surface area (Å²) in [7, 11) is 0. The highest BCUT2D eigenvalue weighted by Gasteiger charge is 2.29. The van der Waals surface area contributed by atoms with Crippen LogP contribution in [0.5, 0.6) is 0 Å². The number of hydrogen-bond donors (Lipinski definition) is 1. The molecule has 0 radical (unpaired) electrons. The number of hydrogen-bond acceptors (Lipinski definition) is 2. The van der Waals surface area contributed by atoms with Gasteiger partial charge in [-0.3, -0.25) is 4.98 Å². The highest BCUT2D eigenvalue weighted by molar-refractivity contribution is 6.33. The minimum absolute atomic E-state index is 0.463. The van der Waals surface area contributed by atoms with Crippen LogP contribution in [0.4, 0.5) is 5.69 Å². The first-order valence-corrected chi connectivity index (χ1v) is 7.68. The molecule has 0 spiro atoms. The fourth-order valence-electron chi connectivity index (χ4n) is 2.99. The lowest BCUT2D eigenvalue weighted by Crippen LogP contribution is -2.28. The highest BCUT2D eigenvalue weighted by Crippen LogP contribution is 2.39. The van der Waals surface area contributed by atoms with Gasteiger partial charge in [-0.25, -0.2) is 0 Å². The highest BCUT2D eigenvalue weighted by atomic mass is 35.5. The summed E-state index contributed by atoms with van der Waals surface area (Å²) in [5.74, 6) is 1.65. The quantitative estimate of drug-likeness (QED) is 0.843. The van der Waals surface area contributed by atoms with Gasteiger partial charge in [0.25, 0.3) is 0 Å². The molecule has 2 rings (SSSR count). The fraction of sp³-hybridized carbons (Fsp3) is 0.688. The summed E-state index contributed by atoms with van der Waals surface area (Å²) in [5.41, 5.74) is 1.42. The van der Waals surface area contributed by atoms with Crippen molar-refractivity contribution in [1.82, 2.24) is 4.98 Å². The lowest BCUT2D eigenvalue weighted by Gasteiger charge is -2.37. The maximum Gasteiger partial charge on any atom is 0.0716 e. The predicted octanol–water partition coefficient (Wildman–Crippen LogP) is 5.00. The van der Waals surface area contributed by atoms with Gasteiger partial charge in [-0.15, -0.1) is 0 Å². The van der Waals surface area contributed by atoms with Gasteiger partial charge in [0, 0.05) is 12.7 Å². The van der Waals surface area contributed by atoms with Crippen LogP contribution < -0.4 is 5.32 Å². The van der Waals surface area contributed by atoms with Gasteiger partial charge in [0.05, 0.1) is 16.9 Å². The SMILES string of the molecule is CC(C)(C)C1CCC(CNc2cnccc2Cl)CC1. The lowest BCUT2D eigenvalue weighted by atomic mass is 9.70. The average molecular weight is 281 g/mol. The summed E-state index contributed by atoms with van der Waals surface area (Å²) in [5, 5.41) is 4.20. The molecule has 0 amide bonds. The number of nitrogens with one attached hydrogen (secondary N) is 1. The molecule has 1 aromatic heterocycles. The third-order valence-corrected chi connectivity index (χ3v) is 4.75. The molecule has 3 heteroatoms. The molecule has 0 bridgehead atoms. The monoisotopic (exact) mass is 280 g/mol. The van der Waals surface area contributed by atoms with Crippen molar-refractivity contribution < 1.29 is 0 Å². The van der Waals surface area contributed by atoms with Crippen molar-refractivity contribution in [2.75, 3.05) is 11.9 Å². The van der Waals surface area contributed by atoms with Gasteiger partial charge in [-0.2, -0.15) is 0 Å². The van der Waals surface area contributed by atoms with Crippen LogP contribution in [0.3, 0.4) is 0 Å². The second-order valence-corrected chi connectivity index (χ2v) is 7.23. The van der Waals surface area contributed by atoms with E-state index in [0.29, 0.717) is 5.41 Å². The van der Waals surface area contributed by atoms with E-state index in [1.54, 1.807) is 6.20 Å². The Morgan fingerprint density at radius 3 is 2.53 bits per heavy atom. The van der Waals surface area contributed by atoms with E-state index in [1.165, 1.54) is 25.7 Å². The minimum Gasteiger partial charge on any atom is -0.382 e. The predicted molar refractivity (Wildman–Crippen MR) is 82.6 cm³/mol. The van der Waals surface area contributed by atoms with Crippen molar-refractivity contribution in [3.05, 3.63) is 23.5 Å². The normalized spacial score (nSPS) is 24.2. The zero-order valence-electron chi connectivity index (χ0n) is 12.2. The molecule has 0 aliphatic heterocycles. The lowest BCUT2D eigenvalue weighted by molar-refractivity contribution is 0.153. The second kappa shape index (κ2) is 6.13. The van der Waals surface area contributed by atoms with E-state index in [0.717, 1.165) is 29.1 Å². The van der Waals surface area contributed by atoms with E-state index < -0.39 is 0 Å². The van der Waals surface area contributed by atoms with E-state index in [1.807, 2.05) is 12.3 Å². The van der Waals surface area contributed by atoms with E-state index in [2.05, 4.69) is 31.1 Å². The minimum atomic E-state index is 0.463. The van der Waals surface area contributed by atoms with Crippen molar-refractivity contribution in [3.8, 4) is 0 Å². The molecule has 1 heterocycles. The molecular formula is C16H25ClN2. The molecule has 1 aromatic rings. The molecule has 1 aliphatic carbocycles. The third kappa shape index (κ3) is 4.10. The van der Waals surface area contributed by atoms with Gasteiger partial charge < -0.3 is 5.32 Å². The average Bonchev–Trinajstić information content (AvgIpc) is 2.37. The van der Waals surface area contributed by atoms with Crippen LogP contribution >= 0.6 is 11.6 Å². The molecule has 1 N–H and O–H groups in total. The summed E-state index contributed by atoms with van der Waals surface area (Å²) < 4.78 is 0. The maximum atomic E-state index is 6.12. The Labute approximate surface area is 122 Å². The molecule has 19 heavy (non-hydrogen) atoms. The summed E-state index contributed by atoms with van der Waals surface area (Å²) in [6.07, 6.45) is 8.90. The number of anilines is 1. The number of halogens is 1. The van der Waals surface area contributed by atoms with Crippen molar-refractivity contribution in [3.63, 3.8) is 0 Å². The van der Waals surface area contributed by atoms with Gasteiger partial charge in [-0.1, -0.05) is 32.4 Å². The summed E-state index contributed by atoms with van der Waals surface area (Å²) in [6, 6.07) is 1.83. The van der Waals surface area contributed by atoms with Crippen molar-refractivity contribution in [1.29, 1.82) is 0 Å². The zero-order chi connectivity index (χ0) is 13.9. The first kappa shape index (κ1) is 14.6. The van der Waals surface area contributed by atoms with E-state index in [4.69, 9.17) is 11.6 Å². The van der Waals surface area contributed by atoms with Crippen LogP contribution in [0, 0.1) is 17.3 Å². The first-order valence-electron chi connectivity index (χ1n) is 7.30. The first-order chi connectivity index (χ1) is 8.97. The number of pyridine rings is 1. The molecule has 0 atom stereocenters. The smallest absolute Gasteiger partial charge is 0.0716 e. The molecule has 1 aliphatic rings. The standard InChI is InChI=1S/C16H25ClN2/c1-16(2,3)13-6-4-12(5-7-13)10-19-15-11-18-9-8-14(15)17/h8-9,11-13,19H,4-7,10H2,1-3H3. The van der Waals surface area contributed by atoms with Crippen LogP contribution in [0.2, 0.25) is 5.02 Å². The van der Waals surface area contributed by atoms with Crippen LogP contribution in [-0.4, -0.2) is 11.5 Å². The topological polar surface area (TPSA) is 24.9 Å². The second-order valence-electron chi connectivity index (χ2n) is 6.82. The largest absolute Gasteiger partial charge is 0.382 e. The van der Waals surface area contributed by atoms with Crippen molar-refractivity contribution in [2.45, 2.75) is 46.5 Å². The van der Waals surface area contributed by atoms with Gasteiger partial charge in [0.1, 0.15) is 0 Å². The molecule has 2 nitrogen and oxygen atoms in total. The maximum absolute atomic E-state index is 6.12. The molecular weight excluding hydrogens is 256 g/mol. The van der Waals surface area contributed by atoms with E-state index in [-0.39, 0.29) is 0 Å². The Hall–Kier alpha value is -0.760. The van der Waals surface area contributed by atoms with E-state index in [9.17, 15) is 0 Å². The Morgan fingerprint density at radius 2 is 1.95 bits per heavy atom. The molecule has 1 saturated carbocycles. The Kier molecular flexibility index (Phi) is 4.72. The van der Waals surface area contributed by atoms with Crippen molar-refractivity contribution in [2.24, 2.45) is 17.3 Å². The van der Waals surface area contributed by atoms with Crippen molar-refractivity contribution >= 4 is 17.3 Å². The molecule has 106 valence electrons. The molecule has 0 saturated heterocycles. The van der Waals surface area contributed by atoms with E-state index >= 15 is 0 Å². The molecule has 1 fully saturated rings. The van der Waals surface area contributed by atoms with Crippen LogP contribution in [0.25, 0.3) is 0 Å². The van der Waals surface area contributed by atoms with Gasteiger partial charge in [0.15, 0.2) is 0 Å². The Morgan fingerprint density at radius 1 is 1.26 bits per heavy atom. The van der Waals surface area contributed by atoms with Crippen LogP contribution in [0.15, 0.2) is 18.5 Å². The van der Waals surface area contributed by atoms with Gasteiger partial charge >= 0.3 is 0 Å². The van der Waals surface area contributed by atoms with Gasteiger partial charge in [0.2, 0.25) is 0 Å². The van der Waals surface area contributed by atoms with Crippen LogP contribution in [0.1, 0.15) is 46.5 Å². The third-order valence-electron chi connectivity index (χ3n) is 4.42. The number of rotatable bonds is 3. The Bertz CT molecular complexity index is 403.